The highest BCUT2D eigenvalue weighted by molar-refractivity contribution is 9.10. The summed E-state index contributed by atoms with van der Waals surface area (Å²) >= 11 is 4.46. The summed E-state index contributed by atoms with van der Waals surface area (Å²) in [5.41, 5.74) is 2.32. The predicted octanol–water partition coefficient (Wildman–Crippen LogP) is 4.75. The van der Waals surface area contributed by atoms with E-state index in [-0.39, 0.29) is 0 Å². The fourth-order valence-electron chi connectivity index (χ4n) is 2.59. The number of nitrogens with zero attached hydrogens (tertiary/aromatic N) is 5. The third kappa shape index (κ3) is 3.60. The Morgan fingerprint density at radius 1 is 1.18 bits per heavy atom. The number of benzene rings is 2. The van der Waals surface area contributed by atoms with Crippen molar-refractivity contribution in [2.24, 2.45) is 0 Å². The predicted molar refractivity (Wildman–Crippen MR) is 109 cm³/mol. The molecular formula is C18H14BrFN6OS. The van der Waals surface area contributed by atoms with Crippen LogP contribution in [0.4, 0.5) is 15.2 Å². The Morgan fingerprint density at radius 3 is 2.68 bits per heavy atom. The van der Waals surface area contributed by atoms with Crippen molar-refractivity contribution >= 4 is 38.3 Å². The van der Waals surface area contributed by atoms with Crippen LogP contribution in [0.2, 0.25) is 0 Å². The second-order valence-electron chi connectivity index (χ2n) is 5.81. The summed E-state index contributed by atoms with van der Waals surface area (Å²) in [7, 11) is 1.62. The number of hydrogen-bond acceptors (Lipinski definition) is 7. The molecule has 0 saturated heterocycles. The maximum Gasteiger partial charge on any atom is 0.207 e. The summed E-state index contributed by atoms with van der Waals surface area (Å²) in [6, 6.07) is 12.2. The summed E-state index contributed by atoms with van der Waals surface area (Å²) in [6.07, 6.45) is 0. The van der Waals surface area contributed by atoms with Crippen molar-refractivity contribution in [1.29, 1.82) is 0 Å². The maximum atomic E-state index is 14.3. The van der Waals surface area contributed by atoms with E-state index in [1.807, 2.05) is 24.3 Å². The molecule has 142 valence electrons. The molecule has 4 rings (SSSR count). The number of aromatic nitrogens is 5. The topological polar surface area (TPSA) is 77.8 Å². The van der Waals surface area contributed by atoms with E-state index in [0.717, 1.165) is 11.4 Å². The normalized spacial score (nSPS) is 10.9. The largest absolute Gasteiger partial charge is 0.497 e. The molecule has 0 spiro atoms. The SMILES string of the molecule is COc1ccc(Nc2nc(-c3nnn(-c4ccc(Br)cc4F)c3C)ns2)cc1. The first-order chi connectivity index (χ1) is 13.5. The molecule has 0 aliphatic carbocycles. The zero-order chi connectivity index (χ0) is 19.7. The van der Waals surface area contributed by atoms with Crippen LogP contribution in [0.5, 0.6) is 5.75 Å². The molecule has 28 heavy (non-hydrogen) atoms. The monoisotopic (exact) mass is 460 g/mol. The van der Waals surface area contributed by atoms with Crippen molar-refractivity contribution in [2.45, 2.75) is 6.92 Å². The second-order valence-corrected chi connectivity index (χ2v) is 7.48. The van der Waals surface area contributed by atoms with Gasteiger partial charge in [0.25, 0.3) is 0 Å². The zero-order valence-electron chi connectivity index (χ0n) is 14.8. The first kappa shape index (κ1) is 18.5. The molecule has 2 aromatic heterocycles. The lowest BCUT2D eigenvalue weighted by Gasteiger charge is -2.05. The second kappa shape index (κ2) is 7.64. The molecule has 0 aliphatic heterocycles. The van der Waals surface area contributed by atoms with Crippen molar-refractivity contribution in [2.75, 3.05) is 12.4 Å². The minimum atomic E-state index is -0.401. The quantitative estimate of drug-likeness (QED) is 0.462. The number of halogens is 2. The average Bonchev–Trinajstić information content (AvgIpc) is 3.29. The molecule has 0 saturated carbocycles. The minimum Gasteiger partial charge on any atom is -0.497 e. The van der Waals surface area contributed by atoms with E-state index in [0.29, 0.717) is 32.5 Å². The Balaban J connectivity index is 1.59. The summed E-state index contributed by atoms with van der Waals surface area (Å²) in [5.74, 6) is 0.806. The molecule has 2 heterocycles. The Hall–Kier alpha value is -2.85. The van der Waals surface area contributed by atoms with Gasteiger partial charge in [-0.25, -0.2) is 9.07 Å². The van der Waals surface area contributed by atoms with Crippen LogP contribution >= 0.6 is 27.5 Å². The number of anilines is 2. The van der Waals surface area contributed by atoms with Crippen LogP contribution < -0.4 is 10.1 Å². The van der Waals surface area contributed by atoms with Gasteiger partial charge >= 0.3 is 0 Å². The van der Waals surface area contributed by atoms with Gasteiger partial charge in [-0.3, -0.25) is 0 Å². The van der Waals surface area contributed by atoms with Gasteiger partial charge in [0.1, 0.15) is 17.3 Å². The summed E-state index contributed by atoms with van der Waals surface area (Å²) in [5, 5.41) is 12.0. The summed E-state index contributed by atoms with van der Waals surface area (Å²) in [6.45, 7) is 1.80. The first-order valence-corrected chi connectivity index (χ1v) is 9.74. The van der Waals surface area contributed by atoms with Gasteiger partial charge in [0, 0.05) is 21.7 Å². The van der Waals surface area contributed by atoms with Gasteiger partial charge in [0.2, 0.25) is 5.13 Å². The average molecular weight is 461 g/mol. The number of hydrogen-bond donors (Lipinski definition) is 1. The third-order valence-corrected chi connectivity index (χ3v) is 5.14. The maximum absolute atomic E-state index is 14.3. The van der Waals surface area contributed by atoms with Gasteiger partial charge in [-0.15, -0.1) is 5.10 Å². The van der Waals surface area contributed by atoms with Gasteiger partial charge in [-0.1, -0.05) is 21.1 Å². The number of methoxy groups -OCH3 is 1. The summed E-state index contributed by atoms with van der Waals surface area (Å²) in [4.78, 5) is 4.47. The van der Waals surface area contributed by atoms with E-state index in [4.69, 9.17) is 4.74 Å². The van der Waals surface area contributed by atoms with E-state index in [9.17, 15) is 4.39 Å². The van der Waals surface area contributed by atoms with Crippen LogP contribution in [-0.4, -0.2) is 31.5 Å². The van der Waals surface area contributed by atoms with Gasteiger partial charge in [-0.2, -0.15) is 9.36 Å². The van der Waals surface area contributed by atoms with Crippen molar-refractivity contribution in [3.8, 4) is 23.0 Å². The van der Waals surface area contributed by atoms with Crippen LogP contribution in [-0.2, 0) is 0 Å². The lowest BCUT2D eigenvalue weighted by atomic mass is 10.2. The molecule has 2 aromatic carbocycles. The Morgan fingerprint density at radius 2 is 1.96 bits per heavy atom. The van der Waals surface area contributed by atoms with Crippen LogP contribution in [0, 0.1) is 12.7 Å². The summed E-state index contributed by atoms with van der Waals surface area (Å²) < 4.78 is 25.9. The van der Waals surface area contributed by atoms with Crippen LogP contribution in [0.25, 0.3) is 17.2 Å². The molecule has 1 N–H and O–H groups in total. The molecule has 7 nitrogen and oxygen atoms in total. The highest BCUT2D eigenvalue weighted by Gasteiger charge is 2.18. The van der Waals surface area contributed by atoms with Crippen LogP contribution in [0.1, 0.15) is 5.69 Å². The molecule has 0 fully saturated rings. The highest BCUT2D eigenvalue weighted by atomic mass is 79.9. The van der Waals surface area contributed by atoms with E-state index >= 15 is 0 Å². The molecule has 4 aromatic rings. The third-order valence-electron chi connectivity index (χ3n) is 4.01. The lowest BCUT2D eigenvalue weighted by molar-refractivity contribution is 0.415. The van der Waals surface area contributed by atoms with E-state index in [1.54, 1.807) is 26.2 Å². The van der Waals surface area contributed by atoms with Crippen molar-refractivity contribution in [3.05, 3.63) is 58.4 Å². The Labute approximate surface area is 172 Å². The smallest absolute Gasteiger partial charge is 0.207 e. The van der Waals surface area contributed by atoms with Crippen molar-refractivity contribution in [1.82, 2.24) is 24.4 Å². The number of rotatable bonds is 5. The molecule has 0 atom stereocenters. The molecule has 0 amide bonds. The van der Waals surface area contributed by atoms with Gasteiger partial charge in [-0.05, 0) is 49.4 Å². The van der Waals surface area contributed by atoms with Crippen LogP contribution in [0.3, 0.4) is 0 Å². The Kier molecular flexibility index (Phi) is 5.05. The zero-order valence-corrected chi connectivity index (χ0v) is 17.3. The minimum absolute atomic E-state index is 0.311. The van der Waals surface area contributed by atoms with Crippen LogP contribution in [0.15, 0.2) is 46.9 Å². The van der Waals surface area contributed by atoms with Crippen molar-refractivity contribution in [3.63, 3.8) is 0 Å². The standard InChI is InChI=1S/C18H14BrFN6OS/c1-10-16(23-25-26(10)15-8-3-11(19)9-14(15)20)17-22-18(28-24-17)21-12-4-6-13(27-2)7-5-12/h3-9H,1-2H3,(H,21,22,24). The van der Waals surface area contributed by atoms with Gasteiger partial charge < -0.3 is 10.1 Å². The van der Waals surface area contributed by atoms with Gasteiger partial charge in [0.05, 0.1) is 12.8 Å². The molecule has 0 unspecified atom stereocenters. The molecule has 0 radical (unpaired) electrons. The van der Waals surface area contributed by atoms with Gasteiger partial charge in [0.15, 0.2) is 11.5 Å². The highest BCUT2D eigenvalue weighted by Crippen LogP contribution is 2.27. The lowest BCUT2D eigenvalue weighted by Crippen LogP contribution is -2.02. The van der Waals surface area contributed by atoms with E-state index < -0.39 is 5.82 Å². The van der Waals surface area contributed by atoms with E-state index in [2.05, 4.69) is 40.9 Å². The molecule has 10 heteroatoms. The fraction of sp³-hybridized carbons (Fsp3) is 0.111. The molecule has 0 bridgehead atoms. The molecule has 0 aliphatic rings. The first-order valence-electron chi connectivity index (χ1n) is 8.18. The number of ether oxygens (including phenoxy) is 1. The fourth-order valence-corrected chi connectivity index (χ4v) is 3.51. The molecular weight excluding hydrogens is 447 g/mol. The Bertz CT molecular complexity index is 1130. The number of nitrogens with one attached hydrogen (secondary N) is 1. The van der Waals surface area contributed by atoms with E-state index in [1.165, 1.54) is 22.3 Å². The van der Waals surface area contributed by atoms with Crippen molar-refractivity contribution < 1.29 is 9.13 Å².